The lowest BCUT2D eigenvalue weighted by Gasteiger charge is -2.28. The van der Waals surface area contributed by atoms with Crippen molar-refractivity contribution in [2.75, 3.05) is 27.2 Å². The molecule has 4 heteroatoms. The van der Waals surface area contributed by atoms with Crippen LogP contribution in [0.2, 0.25) is 0 Å². The second-order valence-electron chi connectivity index (χ2n) is 5.82. The van der Waals surface area contributed by atoms with E-state index in [1.54, 1.807) is 0 Å². The average Bonchev–Trinajstić information content (AvgIpc) is 2.79. The summed E-state index contributed by atoms with van der Waals surface area (Å²) >= 11 is 0. The van der Waals surface area contributed by atoms with Gasteiger partial charge in [-0.3, -0.25) is 4.79 Å². The minimum Gasteiger partial charge on any atom is -0.345 e. The van der Waals surface area contributed by atoms with Gasteiger partial charge >= 0.3 is 0 Å². The number of amides is 1. The lowest BCUT2D eigenvalue weighted by Crippen LogP contribution is -2.42. The SMILES string of the molecule is CC(CN1CCn2ccc3cccc(c32)C1=O)N(C)C. The van der Waals surface area contributed by atoms with Gasteiger partial charge in [-0.1, -0.05) is 12.1 Å². The standard InChI is InChI=1S/C16H21N3O/c1-12(17(2)3)11-19-10-9-18-8-7-13-5-4-6-14(15(13)18)16(19)20/h4-8,12H,9-11H2,1-3H3. The molecule has 1 aromatic carbocycles. The van der Waals surface area contributed by atoms with Crippen molar-refractivity contribution >= 4 is 16.8 Å². The van der Waals surface area contributed by atoms with E-state index < -0.39 is 0 Å². The lowest BCUT2D eigenvalue weighted by atomic mass is 10.1. The second kappa shape index (κ2) is 4.94. The fourth-order valence-electron chi connectivity index (χ4n) is 2.78. The number of nitrogens with zero attached hydrogens (tertiary/aromatic N) is 3. The van der Waals surface area contributed by atoms with Crippen LogP contribution in [-0.4, -0.2) is 53.5 Å². The van der Waals surface area contributed by atoms with Gasteiger partial charge in [0, 0.05) is 37.3 Å². The van der Waals surface area contributed by atoms with Crippen LogP contribution in [0.5, 0.6) is 0 Å². The largest absolute Gasteiger partial charge is 0.345 e. The van der Waals surface area contributed by atoms with E-state index >= 15 is 0 Å². The number of hydrogen-bond acceptors (Lipinski definition) is 2. The molecule has 2 heterocycles. The Bertz CT molecular complexity index is 644. The van der Waals surface area contributed by atoms with Crippen LogP contribution in [0, 0.1) is 0 Å². The van der Waals surface area contributed by atoms with E-state index in [1.165, 1.54) is 0 Å². The second-order valence-corrected chi connectivity index (χ2v) is 5.82. The highest BCUT2D eigenvalue weighted by atomic mass is 16.2. The molecule has 3 rings (SSSR count). The van der Waals surface area contributed by atoms with E-state index in [-0.39, 0.29) is 5.91 Å². The number of hydrogen-bond donors (Lipinski definition) is 0. The highest BCUT2D eigenvalue weighted by molar-refractivity contribution is 6.06. The Morgan fingerprint density at radius 1 is 1.25 bits per heavy atom. The van der Waals surface area contributed by atoms with Crippen molar-refractivity contribution in [3.8, 4) is 0 Å². The minimum absolute atomic E-state index is 0.154. The number of carbonyl (C=O) groups excluding carboxylic acids is 1. The molecule has 0 saturated heterocycles. The minimum atomic E-state index is 0.154. The maximum atomic E-state index is 12.8. The Morgan fingerprint density at radius 2 is 2.05 bits per heavy atom. The Morgan fingerprint density at radius 3 is 2.80 bits per heavy atom. The molecule has 0 saturated carbocycles. The van der Waals surface area contributed by atoms with E-state index in [2.05, 4.69) is 48.8 Å². The van der Waals surface area contributed by atoms with Gasteiger partial charge in [0.1, 0.15) is 0 Å². The molecule has 1 aliphatic rings. The van der Waals surface area contributed by atoms with Crippen LogP contribution in [0.25, 0.3) is 10.9 Å². The molecule has 4 nitrogen and oxygen atoms in total. The third kappa shape index (κ3) is 2.10. The monoisotopic (exact) mass is 271 g/mol. The third-order valence-corrected chi connectivity index (χ3v) is 4.28. The Hall–Kier alpha value is -1.81. The number of para-hydroxylation sites is 1. The summed E-state index contributed by atoms with van der Waals surface area (Å²) in [6.45, 7) is 4.56. The Balaban J connectivity index is 1.97. The molecule has 1 atom stereocenters. The van der Waals surface area contributed by atoms with Crippen LogP contribution in [0.15, 0.2) is 30.5 Å². The molecular weight excluding hydrogens is 250 g/mol. The topological polar surface area (TPSA) is 28.5 Å². The van der Waals surface area contributed by atoms with Crippen LogP contribution in [0.4, 0.5) is 0 Å². The van der Waals surface area contributed by atoms with Crippen molar-refractivity contribution in [1.29, 1.82) is 0 Å². The highest BCUT2D eigenvalue weighted by Crippen LogP contribution is 2.24. The molecule has 0 N–H and O–H groups in total. The van der Waals surface area contributed by atoms with Gasteiger partial charge in [-0.25, -0.2) is 0 Å². The molecule has 1 unspecified atom stereocenters. The summed E-state index contributed by atoms with van der Waals surface area (Å²) in [5.74, 6) is 0.154. The predicted molar refractivity (Wildman–Crippen MR) is 81.0 cm³/mol. The number of aromatic nitrogens is 1. The maximum absolute atomic E-state index is 12.8. The molecular formula is C16H21N3O. The van der Waals surface area contributed by atoms with Crippen molar-refractivity contribution in [3.05, 3.63) is 36.0 Å². The van der Waals surface area contributed by atoms with Gasteiger partial charge in [-0.2, -0.15) is 0 Å². The quantitative estimate of drug-likeness (QED) is 0.855. The van der Waals surface area contributed by atoms with Crippen LogP contribution in [0.1, 0.15) is 17.3 Å². The molecule has 1 aliphatic heterocycles. The van der Waals surface area contributed by atoms with Crippen molar-refractivity contribution < 1.29 is 4.79 Å². The Labute approximate surface area is 119 Å². The highest BCUT2D eigenvalue weighted by Gasteiger charge is 2.24. The zero-order valence-electron chi connectivity index (χ0n) is 12.3. The molecule has 1 aromatic heterocycles. The predicted octanol–water partition coefficient (Wildman–Crippen LogP) is 2.05. The maximum Gasteiger partial charge on any atom is 0.256 e. The van der Waals surface area contributed by atoms with Gasteiger partial charge in [0.2, 0.25) is 0 Å². The van der Waals surface area contributed by atoms with E-state index in [0.717, 1.165) is 36.1 Å². The molecule has 0 bridgehead atoms. The van der Waals surface area contributed by atoms with Crippen LogP contribution in [-0.2, 0) is 6.54 Å². The average molecular weight is 271 g/mol. The van der Waals surface area contributed by atoms with E-state index in [9.17, 15) is 4.79 Å². The molecule has 106 valence electrons. The van der Waals surface area contributed by atoms with Gasteiger partial charge in [0.25, 0.3) is 5.91 Å². The van der Waals surface area contributed by atoms with Gasteiger partial charge in [-0.05, 0) is 33.2 Å². The normalized spacial score (nSPS) is 16.8. The first-order valence-electron chi connectivity index (χ1n) is 7.11. The molecule has 0 spiro atoms. The number of likely N-dealkylation sites (N-methyl/N-ethyl adjacent to an activating group) is 1. The molecule has 0 fully saturated rings. The first-order chi connectivity index (χ1) is 9.58. The van der Waals surface area contributed by atoms with Gasteiger partial charge in [0.15, 0.2) is 0 Å². The molecule has 0 aliphatic carbocycles. The van der Waals surface area contributed by atoms with Crippen molar-refractivity contribution in [2.45, 2.75) is 19.5 Å². The van der Waals surface area contributed by atoms with E-state index in [4.69, 9.17) is 0 Å². The molecule has 20 heavy (non-hydrogen) atoms. The van der Waals surface area contributed by atoms with Gasteiger partial charge in [0.05, 0.1) is 11.1 Å². The van der Waals surface area contributed by atoms with Crippen LogP contribution in [0.3, 0.4) is 0 Å². The van der Waals surface area contributed by atoms with Crippen LogP contribution >= 0.6 is 0 Å². The zero-order chi connectivity index (χ0) is 14.3. The van der Waals surface area contributed by atoms with Gasteiger partial charge in [-0.15, -0.1) is 0 Å². The smallest absolute Gasteiger partial charge is 0.256 e. The number of carbonyl (C=O) groups is 1. The summed E-state index contributed by atoms with van der Waals surface area (Å²) < 4.78 is 2.20. The molecule has 1 amide bonds. The van der Waals surface area contributed by atoms with Crippen LogP contribution < -0.4 is 0 Å². The summed E-state index contributed by atoms with van der Waals surface area (Å²) in [5.41, 5.74) is 1.91. The van der Waals surface area contributed by atoms with E-state index in [1.807, 2.05) is 17.0 Å². The summed E-state index contributed by atoms with van der Waals surface area (Å²) in [4.78, 5) is 16.9. The number of rotatable bonds is 3. The molecule has 2 aromatic rings. The summed E-state index contributed by atoms with van der Waals surface area (Å²) in [6, 6.07) is 8.43. The fraction of sp³-hybridized carbons (Fsp3) is 0.438. The zero-order valence-corrected chi connectivity index (χ0v) is 12.3. The van der Waals surface area contributed by atoms with E-state index in [0.29, 0.717) is 6.04 Å². The summed E-state index contributed by atoms with van der Waals surface area (Å²) in [5, 5.41) is 1.15. The first-order valence-corrected chi connectivity index (χ1v) is 7.11. The first kappa shape index (κ1) is 13.2. The third-order valence-electron chi connectivity index (χ3n) is 4.28. The summed E-state index contributed by atoms with van der Waals surface area (Å²) in [7, 11) is 4.11. The molecule has 0 radical (unpaired) electrons. The fourth-order valence-corrected chi connectivity index (χ4v) is 2.78. The van der Waals surface area contributed by atoms with Gasteiger partial charge < -0.3 is 14.4 Å². The van der Waals surface area contributed by atoms with Crippen molar-refractivity contribution in [3.63, 3.8) is 0 Å². The van der Waals surface area contributed by atoms with Crippen molar-refractivity contribution in [1.82, 2.24) is 14.4 Å². The summed E-state index contributed by atoms with van der Waals surface area (Å²) in [6.07, 6.45) is 2.08. The van der Waals surface area contributed by atoms with Crippen molar-refractivity contribution in [2.24, 2.45) is 0 Å². The number of benzene rings is 1. The Kier molecular flexibility index (Phi) is 3.26. The lowest BCUT2D eigenvalue weighted by molar-refractivity contribution is 0.0718.